The molecule has 1 saturated heterocycles. The monoisotopic (exact) mass is 247 g/mol. The molecular weight excluding hydrogens is 226 g/mol. The largest absolute Gasteiger partial charge is 0.490 e. The van der Waals surface area contributed by atoms with E-state index in [9.17, 15) is 0 Å². The number of para-hydroxylation sites is 1. The van der Waals surface area contributed by atoms with Crippen LogP contribution in [-0.4, -0.2) is 25.4 Å². The second kappa shape index (κ2) is 5.72. The van der Waals surface area contributed by atoms with Crippen LogP contribution in [0.1, 0.15) is 31.2 Å². The first-order chi connectivity index (χ1) is 8.92. The zero-order chi connectivity index (χ0) is 12.2. The van der Waals surface area contributed by atoms with Crippen molar-refractivity contribution in [1.82, 2.24) is 5.32 Å². The minimum Gasteiger partial charge on any atom is -0.490 e. The maximum atomic E-state index is 6.12. The molecule has 3 rings (SSSR count). The summed E-state index contributed by atoms with van der Waals surface area (Å²) in [6, 6.07) is 9.11. The van der Waals surface area contributed by atoms with Crippen molar-refractivity contribution >= 4 is 0 Å². The van der Waals surface area contributed by atoms with Gasteiger partial charge in [-0.05, 0) is 18.9 Å². The van der Waals surface area contributed by atoms with E-state index in [1.807, 2.05) is 0 Å². The molecule has 1 aliphatic carbocycles. The van der Waals surface area contributed by atoms with E-state index in [0.29, 0.717) is 6.10 Å². The molecule has 3 heteroatoms. The molecule has 0 spiro atoms. The lowest BCUT2D eigenvalue weighted by Crippen LogP contribution is -2.26. The summed E-state index contributed by atoms with van der Waals surface area (Å²) in [5.74, 6) is 1.04. The van der Waals surface area contributed by atoms with Gasteiger partial charge in [0.2, 0.25) is 0 Å². The van der Waals surface area contributed by atoms with Crippen LogP contribution in [0.15, 0.2) is 24.3 Å². The summed E-state index contributed by atoms with van der Waals surface area (Å²) in [5, 5.41) is 3.55. The van der Waals surface area contributed by atoms with Gasteiger partial charge in [0.05, 0.1) is 13.2 Å². The van der Waals surface area contributed by atoms with Gasteiger partial charge < -0.3 is 14.8 Å². The average molecular weight is 247 g/mol. The number of ether oxygens (including phenoxy) is 2. The topological polar surface area (TPSA) is 30.5 Å². The Hall–Kier alpha value is -1.06. The summed E-state index contributed by atoms with van der Waals surface area (Å²) in [4.78, 5) is 0. The van der Waals surface area contributed by atoms with Crippen LogP contribution >= 0.6 is 0 Å². The van der Waals surface area contributed by atoms with Gasteiger partial charge in [0.15, 0.2) is 0 Å². The van der Waals surface area contributed by atoms with Gasteiger partial charge in [0.25, 0.3) is 0 Å². The van der Waals surface area contributed by atoms with Crippen LogP contribution in [0.5, 0.6) is 5.75 Å². The third-order valence-electron chi connectivity index (χ3n) is 3.59. The molecule has 2 aliphatic rings. The highest BCUT2D eigenvalue weighted by Crippen LogP contribution is 2.24. The van der Waals surface area contributed by atoms with Crippen molar-refractivity contribution in [2.24, 2.45) is 0 Å². The van der Waals surface area contributed by atoms with Gasteiger partial charge in [0, 0.05) is 31.0 Å². The minimum absolute atomic E-state index is 0.320. The smallest absolute Gasteiger partial charge is 0.124 e. The molecule has 0 unspecified atom stereocenters. The van der Waals surface area contributed by atoms with Gasteiger partial charge in [-0.1, -0.05) is 18.2 Å². The van der Waals surface area contributed by atoms with E-state index in [0.717, 1.165) is 44.4 Å². The Morgan fingerprint density at radius 3 is 2.67 bits per heavy atom. The molecule has 2 fully saturated rings. The zero-order valence-corrected chi connectivity index (χ0v) is 10.7. The lowest BCUT2D eigenvalue weighted by molar-refractivity contribution is 0.0251. The Morgan fingerprint density at radius 1 is 1.11 bits per heavy atom. The Kier molecular flexibility index (Phi) is 3.81. The van der Waals surface area contributed by atoms with Crippen LogP contribution < -0.4 is 10.1 Å². The molecule has 0 radical (unpaired) electrons. The fraction of sp³-hybridized carbons (Fsp3) is 0.600. The third-order valence-corrected chi connectivity index (χ3v) is 3.59. The van der Waals surface area contributed by atoms with E-state index >= 15 is 0 Å². The van der Waals surface area contributed by atoms with E-state index in [4.69, 9.17) is 9.47 Å². The van der Waals surface area contributed by atoms with Gasteiger partial charge >= 0.3 is 0 Å². The Balaban J connectivity index is 1.61. The fourth-order valence-electron chi connectivity index (χ4n) is 2.28. The lowest BCUT2D eigenvalue weighted by atomic mass is 10.1. The van der Waals surface area contributed by atoms with E-state index in [-0.39, 0.29) is 0 Å². The summed E-state index contributed by atoms with van der Waals surface area (Å²) >= 11 is 0. The summed E-state index contributed by atoms with van der Waals surface area (Å²) < 4.78 is 11.5. The molecule has 0 aromatic heterocycles. The number of rotatable bonds is 5. The minimum atomic E-state index is 0.320. The Labute approximate surface area is 108 Å². The van der Waals surface area contributed by atoms with Crippen LogP contribution in [0.4, 0.5) is 0 Å². The Bertz CT molecular complexity index is 384. The maximum Gasteiger partial charge on any atom is 0.124 e. The van der Waals surface area contributed by atoms with Gasteiger partial charge in [-0.25, -0.2) is 0 Å². The zero-order valence-electron chi connectivity index (χ0n) is 10.7. The third kappa shape index (κ3) is 3.24. The highest BCUT2D eigenvalue weighted by Gasteiger charge is 2.21. The molecule has 1 aliphatic heterocycles. The summed E-state index contributed by atoms with van der Waals surface area (Å²) in [6.07, 6.45) is 4.97. The Morgan fingerprint density at radius 2 is 1.89 bits per heavy atom. The van der Waals surface area contributed by atoms with E-state index < -0.39 is 0 Å². The summed E-state index contributed by atoms with van der Waals surface area (Å²) in [6.45, 7) is 2.57. The van der Waals surface area contributed by atoms with Gasteiger partial charge in [-0.3, -0.25) is 0 Å². The molecule has 0 amide bonds. The predicted molar refractivity (Wildman–Crippen MR) is 70.8 cm³/mol. The highest BCUT2D eigenvalue weighted by molar-refractivity contribution is 5.33. The van der Waals surface area contributed by atoms with Crippen LogP contribution in [0.3, 0.4) is 0 Å². The summed E-state index contributed by atoms with van der Waals surface area (Å²) in [5.41, 5.74) is 1.27. The number of hydrogen-bond donors (Lipinski definition) is 1. The van der Waals surface area contributed by atoms with Crippen molar-refractivity contribution in [1.29, 1.82) is 0 Å². The second-order valence-corrected chi connectivity index (χ2v) is 5.19. The highest BCUT2D eigenvalue weighted by atomic mass is 16.5. The molecule has 0 atom stereocenters. The maximum absolute atomic E-state index is 6.12. The molecular formula is C15H21NO2. The lowest BCUT2D eigenvalue weighted by Gasteiger charge is -2.24. The van der Waals surface area contributed by atoms with E-state index in [1.165, 1.54) is 18.4 Å². The molecule has 1 aromatic carbocycles. The van der Waals surface area contributed by atoms with Crippen molar-refractivity contribution in [2.75, 3.05) is 13.2 Å². The first kappa shape index (κ1) is 12.0. The predicted octanol–water partition coefficient (Wildman–Crippen LogP) is 2.50. The quantitative estimate of drug-likeness (QED) is 0.867. The molecule has 18 heavy (non-hydrogen) atoms. The summed E-state index contributed by atoms with van der Waals surface area (Å²) in [7, 11) is 0. The molecule has 0 bridgehead atoms. The average Bonchev–Trinajstić information content (AvgIpc) is 3.23. The van der Waals surface area contributed by atoms with Gasteiger partial charge in [0.1, 0.15) is 11.9 Å². The van der Waals surface area contributed by atoms with Crippen molar-refractivity contribution in [3.05, 3.63) is 29.8 Å². The van der Waals surface area contributed by atoms with Crippen LogP contribution in [0, 0.1) is 0 Å². The molecule has 1 saturated carbocycles. The number of benzene rings is 1. The fourth-order valence-corrected chi connectivity index (χ4v) is 2.28. The van der Waals surface area contributed by atoms with Crippen LogP contribution in [0.2, 0.25) is 0 Å². The second-order valence-electron chi connectivity index (χ2n) is 5.19. The van der Waals surface area contributed by atoms with Gasteiger partial charge in [-0.15, -0.1) is 0 Å². The van der Waals surface area contributed by atoms with Crippen molar-refractivity contribution in [3.8, 4) is 5.75 Å². The molecule has 1 aromatic rings. The molecule has 3 nitrogen and oxygen atoms in total. The molecule has 1 N–H and O–H groups in total. The first-order valence-corrected chi connectivity index (χ1v) is 6.97. The first-order valence-electron chi connectivity index (χ1n) is 6.97. The van der Waals surface area contributed by atoms with Gasteiger partial charge in [-0.2, -0.15) is 0 Å². The normalized spacial score (nSPS) is 20.9. The van der Waals surface area contributed by atoms with Crippen molar-refractivity contribution in [2.45, 2.75) is 44.4 Å². The van der Waals surface area contributed by atoms with Crippen molar-refractivity contribution in [3.63, 3.8) is 0 Å². The van der Waals surface area contributed by atoms with Crippen LogP contribution in [0.25, 0.3) is 0 Å². The molecule has 98 valence electrons. The van der Waals surface area contributed by atoms with Crippen molar-refractivity contribution < 1.29 is 9.47 Å². The van der Waals surface area contributed by atoms with E-state index in [2.05, 4.69) is 29.6 Å². The van der Waals surface area contributed by atoms with Crippen LogP contribution in [-0.2, 0) is 11.3 Å². The van der Waals surface area contributed by atoms with E-state index in [1.54, 1.807) is 0 Å². The SMILES string of the molecule is c1ccc(OC2CCOCC2)c(CNC2CC2)c1. The number of nitrogens with one attached hydrogen (secondary N) is 1. The molecule has 1 heterocycles. The number of hydrogen-bond acceptors (Lipinski definition) is 3. The standard InChI is InChI=1S/C15H21NO2/c1-2-4-15(18-14-7-9-17-10-8-14)12(3-1)11-16-13-5-6-13/h1-4,13-14,16H,5-11H2.